The van der Waals surface area contributed by atoms with Crippen molar-refractivity contribution in [1.29, 1.82) is 0 Å². The monoisotopic (exact) mass is 219 g/mol. The van der Waals surface area contributed by atoms with E-state index in [4.69, 9.17) is 4.42 Å². The minimum absolute atomic E-state index is 0.217. The van der Waals surface area contributed by atoms with Crippen LogP contribution in [0.2, 0.25) is 0 Å². The number of furan rings is 1. The summed E-state index contributed by atoms with van der Waals surface area (Å²) in [5.41, 5.74) is 2.29. The molecule has 4 nitrogen and oxygen atoms in total. The second-order valence-corrected chi connectivity index (χ2v) is 4.03. The summed E-state index contributed by atoms with van der Waals surface area (Å²) in [4.78, 5) is 0. The summed E-state index contributed by atoms with van der Waals surface area (Å²) < 4.78 is 7.17. The Labute approximate surface area is 95.3 Å². The number of aryl methyl sites for hydroxylation is 2. The summed E-state index contributed by atoms with van der Waals surface area (Å²) >= 11 is 0. The van der Waals surface area contributed by atoms with Crippen LogP contribution < -0.4 is 5.32 Å². The van der Waals surface area contributed by atoms with Crippen molar-refractivity contribution in [2.75, 3.05) is 0 Å². The molecule has 2 rings (SSSR count). The number of nitrogens with zero attached hydrogens (tertiary/aromatic N) is 2. The van der Waals surface area contributed by atoms with Crippen LogP contribution in [0.15, 0.2) is 29.0 Å². The van der Waals surface area contributed by atoms with Crippen LogP contribution in [0.3, 0.4) is 0 Å². The van der Waals surface area contributed by atoms with E-state index in [1.807, 2.05) is 37.0 Å². The SMILES string of the molecule is Cc1nn(C)cc1CN[C@H](C)c1ccco1. The average Bonchev–Trinajstić information content (AvgIpc) is 2.84. The van der Waals surface area contributed by atoms with Crippen LogP contribution in [0, 0.1) is 6.92 Å². The van der Waals surface area contributed by atoms with E-state index in [2.05, 4.69) is 17.3 Å². The van der Waals surface area contributed by atoms with Gasteiger partial charge in [-0.15, -0.1) is 0 Å². The molecule has 2 heterocycles. The second-order valence-electron chi connectivity index (χ2n) is 4.03. The van der Waals surface area contributed by atoms with Gasteiger partial charge in [-0.05, 0) is 26.0 Å². The highest BCUT2D eigenvalue weighted by atomic mass is 16.3. The lowest BCUT2D eigenvalue weighted by atomic mass is 10.2. The van der Waals surface area contributed by atoms with Crippen LogP contribution in [0.4, 0.5) is 0 Å². The number of hydrogen-bond acceptors (Lipinski definition) is 3. The topological polar surface area (TPSA) is 43.0 Å². The Balaban J connectivity index is 1.95. The summed E-state index contributed by atoms with van der Waals surface area (Å²) in [6, 6.07) is 4.10. The van der Waals surface area contributed by atoms with Crippen LogP contribution in [0.25, 0.3) is 0 Å². The molecular formula is C12H17N3O. The molecule has 1 N–H and O–H groups in total. The van der Waals surface area contributed by atoms with Crippen LogP contribution in [-0.4, -0.2) is 9.78 Å². The maximum absolute atomic E-state index is 5.34. The van der Waals surface area contributed by atoms with Gasteiger partial charge in [0.05, 0.1) is 18.0 Å². The zero-order valence-corrected chi connectivity index (χ0v) is 9.90. The van der Waals surface area contributed by atoms with Gasteiger partial charge in [-0.25, -0.2) is 0 Å². The average molecular weight is 219 g/mol. The maximum Gasteiger partial charge on any atom is 0.120 e. The number of hydrogen-bond donors (Lipinski definition) is 1. The fourth-order valence-electron chi connectivity index (χ4n) is 1.72. The molecule has 4 heteroatoms. The fraction of sp³-hybridized carbons (Fsp3) is 0.417. The smallest absolute Gasteiger partial charge is 0.120 e. The Morgan fingerprint density at radius 3 is 2.94 bits per heavy atom. The largest absolute Gasteiger partial charge is 0.468 e. The highest BCUT2D eigenvalue weighted by Crippen LogP contribution is 2.13. The van der Waals surface area contributed by atoms with Gasteiger partial charge in [0.15, 0.2) is 0 Å². The van der Waals surface area contributed by atoms with E-state index in [0.29, 0.717) is 0 Å². The first-order valence-corrected chi connectivity index (χ1v) is 5.42. The van der Waals surface area contributed by atoms with Crippen LogP contribution in [0.5, 0.6) is 0 Å². The first kappa shape index (κ1) is 11.0. The van der Waals surface area contributed by atoms with E-state index in [1.165, 1.54) is 5.56 Å². The highest BCUT2D eigenvalue weighted by Gasteiger charge is 2.09. The van der Waals surface area contributed by atoms with Gasteiger partial charge < -0.3 is 9.73 Å². The van der Waals surface area contributed by atoms with Gasteiger partial charge in [-0.3, -0.25) is 4.68 Å². The van der Waals surface area contributed by atoms with Crippen LogP contribution in [0.1, 0.15) is 30.0 Å². The fourth-order valence-corrected chi connectivity index (χ4v) is 1.72. The predicted molar refractivity (Wildman–Crippen MR) is 61.9 cm³/mol. The lowest BCUT2D eigenvalue weighted by Gasteiger charge is -2.10. The molecule has 0 bridgehead atoms. The summed E-state index contributed by atoms with van der Waals surface area (Å²) in [5.74, 6) is 0.960. The molecule has 0 unspecified atom stereocenters. The molecule has 0 aliphatic carbocycles. The summed E-state index contributed by atoms with van der Waals surface area (Å²) in [5, 5.41) is 7.71. The zero-order chi connectivity index (χ0) is 11.5. The molecule has 0 aliphatic rings. The van der Waals surface area contributed by atoms with Crippen LogP contribution in [-0.2, 0) is 13.6 Å². The van der Waals surface area contributed by atoms with Gasteiger partial charge in [-0.2, -0.15) is 5.10 Å². The molecule has 86 valence electrons. The van der Waals surface area contributed by atoms with Gasteiger partial charge in [0, 0.05) is 25.4 Å². The van der Waals surface area contributed by atoms with Crippen molar-refractivity contribution >= 4 is 0 Å². The van der Waals surface area contributed by atoms with Crippen molar-refractivity contribution in [3.8, 4) is 0 Å². The van der Waals surface area contributed by atoms with E-state index in [9.17, 15) is 0 Å². The molecular weight excluding hydrogens is 202 g/mol. The summed E-state index contributed by atoms with van der Waals surface area (Å²) in [6.07, 6.45) is 3.74. The van der Waals surface area contributed by atoms with Gasteiger partial charge >= 0.3 is 0 Å². The number of nitrogens with one attached hydrogen (secondary N) is 1. The minimum Gasteiger partial charge on any atom is -0.468 e. The van der Waals surface area contributed by atoms with Crippen molar-refractivity contribution in [3.05, 3.63) is 41.6 Å². The Hall–Kier alpha value is -1.55. The number of aromatic nitrogens is 2. The molecule has 0 aromatic carbocycles. The molecule has 0 aliphatic heterocycles. The van der Waals surface area contributed by atoms with E-state index in [0.717, 1.165) is 18.0 Å². The molecule has 0 amide bonds. The first-order valence-electron chi connectivity index (χ1n) is 5.42. The Morgan fingerprint density at radius 1 is 1.56 bits per heavy atom. The van der Waals surface area contributed by atoms with Crippen molar-refractivity contribution in [3.63, 3.8) is 0 Å². The third-order valence-corrected chi connectivity index (χ3v) is 2.68. The standard InChI is InChI=1S/C12H17N3O/c1-9-11(8-15(3)14-9)7-13-10(2)12-5-4-6-16-12/h4-6,8,10,13H,7H2,1-3H3/t10-/m1/s1. The van der Waals surface area contributed by atoms with Gasteiger partial charge in [0.25, 0.3) is 0 Å². The van der Waals surface area contributed by atoms with Gasteiger partial charge in [0.1, 0.15) is 5.76 Å². The molecule has 0 saturated heterocycles. The highest BCUT2D eigenvalue weighted by molar-refractivity contribution is 5.15. The van der Waals surface area contributed by atoms with Gasteiger partial charge in [0.2, 0.25) is 0 Å². The van der Waals surface area contributed by atoms with Crippen molar-refractivity contribution in [2.45, 2.75) is 26.4 Å². The predicted octanol–water partition coefficient (Wildman–Crippen LogP) is 2.17. The van der Waals surface area contributed by atoms with E-state index >= 15 is 0 Å². The zero-order valence-electron chi connectivity index (χ0n) is 9.90. The lowest BCUT2D eigenvalue weighted by molar-refractivity contribution is 0.430. The molecule has 2 aromatic heterocycles. The van der Waals surface area contributed by atoms with Crippen molar-refractivity contribution in [2.24, 2.45) is 7.05 Å². The maximum atomic E-state index is 5.34. The Morgan fingerprint density at radius 2 is 2.38 bits per heavy atom. The Kier molecular flexibility index (Phi) is 3.10. The lowest BCUT2D eigenvalue weighted by Crippen LogP contribution is -2.17. The third kappa shape index (κ3) is 2.33. The third-order valence-electron chi connectivity index (χ3n) is 2.68. The minimum atomic E-state index is 0.217. The second kappa shape index (κ2) is 4.53. The molecule has 0 fully saturated rings. The summed E-state index contributed by atoms with van der Waals surface area (Å²) in [7, 11) is 1.94. The quantitative estimate of drug-likeness (QED) is 0.857. The number of rotatable bonds is 4. The molecule has 1 atom stereocenters. The first-order chi connectivity index (χ1) is 7.66. The molecule has 0 saturated carbocycles. The van der Waals surface area contributed by atoms with E-state index in [-0.39, 0.29) is 6.04 Å². The normalized spacial score (nSPS) is 12.9. The van der Waals surface area contributed by atoms with Crippen molar-refractivity contribution < 1.29 is 4.42 Å². The van der Waals surface area contributed by atoms with E-state index in [1.54, 1.807) is 6.26 Å². The van der Waals surface area contributed by atoms with E-state index < -0.39 is 0 Å². The van der Waals surface area contributed by atoms with Crippen LogP contribution >= 0.6 is 0 Å². The molecule has 16 heavy (non-hydrogen) atoms. The van der Waals surface area contributed by atoms with Crippen molar-refractivity contribution in [1.82, 2.24) is 15.1 Å². The molecule has 0 radical (unpaired) electrons. The molecule has 0 spiro atoms. The van der Waals surface area contributed by atoms with Gasteiger partial charge in [-0.1, -0.05) is 0 Å². The summed E-state index contributed by atoms with van der Waals surface area (Å²) in [6.45, 7) is 4.92. The Bertz CT molecular complexity index is 445. The molecule has 2 aromatic rings.